The van der Waals surface area contributed by atoms with Crippen molar-refractivity contribution in [3.63, 3.8) is 0 Å². The zero-order chi connectivity index (χ0) is 10.9. The number of aliphatic hydroxyl groups excluding tert-OH is 1. The normalized spacial score (nSPS) is 10.8. The standard InChI is InChI=1S/C13H18O2/c1-2-3-10-15-13-8-4-6-12(11-13)7-5-9-14/h4-8,11,14H,2-3,9-10H2,1H3/b7-5+. The van der Waals surface area contributed by atoms with Gasteiger partial charge in [0.2, 0.25) is 0 Å². The Morgan fingerprint density at radius 1 is 1.40 bits per heavy atom. The average molecular weight is 206 g/mol. The monoisotopic (exact) mass is 206 g/mol. The van der Waals surface area contributed by atoms with E-state index in [1.165, 1.54) is 0 Å². The number of rotatable bonds is 6. The van der Waals surface area contributed by atoms with Gasteiger partial charge in [-0.3, -0.25) is 0 Å². The van der Waals surface area contributed by atoms with E-state index in [2.05, 4.69) is 6.92 Å². The SMILES string of the molecule is CCCCOc1cccc(/C=C/CO)c1. The highest BCUT2D eigenvalue weighted by atomic mass is 16.5. The lowest BCUT2D eigenvalue weighted by Crippen LogP contribution is -1.96. The summed E-state index contributed by atoms with van der Waals surface area (Å²) in [5, 5.41) is 8.65. The van der Waals surface area contributed by atoms with Crippen molar-refractivity contribution < 1.29 is 9.84 Å². The molecule has 1 rings (SSSR count). The summed E-state index contributed by atoms with van der Waals surface area (Å²) in [4.78, 5) is 0. The lowest BCUT2D eigenvalue weighted by atomic mass is 10.2. The third-order valence-corrected chi connectivity index (χ3v) is 2.04. The highest BCUT2D eigenvalue weighted by Gasteiger charge is 1.93. The van der Waals surface area contributed by atoms with Gasteiger partial charge in [0, 0.05) is 0 Å². The molecule has 0 aliphatic carbocycles. The Morgan fingerprint density at radius 2 is 2.27 bits per heavy atom. The molecule has 0 aliphatic heterocycles. The molecule has 0 bridgehead atoms. The Kier molecular flexibility index (Phi) is 5.56. The molecule has 0 heterocycles. The molecule has 15 heavy (non-hydrogen) atoms. The highest BCUT2D eigenvalue weighted by molar-refractivity contribution is 5.51. The minimum absolute atomic E-state index is 0.0704. The molecular formula is C13H18O2. The van der Waals surface area contributed by atoms with Gasteiger partial charge in [-0.05, 0) is 24.1 Å². The van der Waals surface area contributed by atoms with E-state index in [0.717, 1.165) is 30.8 Å². The Morgan fingerprint density at radius 3 is 3.00 bits per heavy atom. The van der Waals surface area contributed by atoms with Crippen LogP contribution < -0.4 is 4.74 Å². The molecule has 0 fully saturated rings. The zero-order valence-electron chi connectivity index (χ0n) is 9.15. The first kappa shape index (κ1) is 11.8. The Labute approximate surface area is 91.2 Å². The van der Waals surface area contributed by atoms with Gasteiger partial charge in [0.05, 0.1) is 13.2 Å². The molecule has 82 valence electrons. The first-order valence-corrected chi connectivity index (χ1v) is 5.37. The number of hydrogen-bond acceptors (Lipinski definition) is 2. The fourth-order valence-corrected chi connectivity index (χ4v) is 1.23. The maximum Gasteiger partial charge on any atom is 0.119 e. The van der Waals surface area contributed by atoms with Gasteiger partial charge in [-0.15, -0.1) is 0 Å². The topological polar surface area (TPSA) is 29.5 Å². The molecule has 0 radical (unpaired) electrons. The quantitative estimate of drug-likeness (QED) is 0.725. The number of hydrogen-bond donors (Lipinski definition) is 1. The van der Waals surface area contributed by atoms with Crippen molar-refractivity contribution in [2.24, 2.45) is 0 Å². The van der Waals surface area contributed by atoms with Gasteiger partial charge in [-0.1, -0.05) is 37.6 Å². The molecule has 1 aromatic rings. The Bertz CT molecular complexity index is 305. The van der Waals surface area contributed by atoms with Gasteiger partial charge in [-0.2, -0.15) is 0 Å². The molecule has 0 spiro atoms. The van der Waals surface area contributed by atoms with E-state index in [-0.39, 0.29) is 6.61 Å². The predicted octanol–water partition coefficient (Wildman–Crippen LogP) is 2.87. The van der Waals surface area contributed by atoms with Gasteiger partial charge in [0.25, 0.3) is 0 Å². The second-order valence-corrected chi connectivity index (χ2v) is 3.36. The highest BCUT2D eigenvalue weighted by Crippen LogP contribution is 2.14. The van der Waals surface area contributed by atoms with Crippen molar-refractivity contribution in [1.29, 1.82) is 0 Å². The fraction of sp³-hybridized carbons (Fsp3) is 0.385. The molecule has 0 aromatic heterocycles. The Hall–Kier alpha value is -1.28. The van der Waals surface area contributed by atoms with Crippen molar-refractivity contribution in [1.82, 2.24) is 0 Å². The van der Waals surface area contributed by atoms with Crippen molar-refractivity contribution in [3.05, 3.63) is 35.9 Å². The summed E-state index contributed by atoms with van der Waals surface area (Å²) in [6.45, 7) is 2.98. The van der Waals surface area contributed by atoms with Crippen LogP contribution in [0.15, 0.2) is 30.3 Å². The van der Waals surface area contributed by atoms with Crippen molar-refractivity contribution in [2.75, 3.05) is 13.2 Å². The van der Waals surface area contributed by atoms with Gasteiger partial charge in [0.15, 0.2) is 0 Å². The second-order valence-electron chi connectivity index (χ2n) is 3.36. The van der Waals surface area contributed by atoms with E-state index < -0.39 is 0 Å². The molecule has 2 nitrogen and oxygen atoms in total. The number of ether oxygens (including phenoxy) is 1. The average Bonchev–Trinajstić information content (AvgIpc) is 2.27. The summed E-state index contributed by atoms with van der Waals surface area (Å²) >= 11 is 0. The van der Waals surface area contributed by atoms with Crippen LogP contribution in [-0.2, 0) is 0 Å². The van der Waals surface area contributed by atoms with Crippen LogP contribution >= 0.6 is 0 Å². The van der Waals surface area contributed by atoms with Gasteiger partial charge in [0.1, 0.15) is 5.75 Å². The third kappa shape index (κ3) is 4.66. The van der Waals surface area contributed by atoms with E-state index in [1.807, 2.05) is 30.3 Å². The van der Waals surface area contributed by atoms with Crippen LogP contribution in [0.1, 0.15) is 25.3 Å². The maximum absolute atomic E-state index is 8.65. The molecule has 0 aliphatic rings. The van der Waals surface area contributed by atoms with Crippen LogP contribution in [0.2, 0.25) is 0 Å². The van der Waals surface area contributed by atoms with Gasteiger partial charge >= 0.3 is 0 Å². The van der Waals surface area contributed by atoms with Crippen molar-refractivity contribution in [2.45, 2.75) is 19.8 Å². The number of aliphatic hydroxyl groups is 1. The third-order valence-electron chi connectivity index (χ3n) is 2.04. The molecule has 1 N–H and O–H groups in total. The molecule has 0 unspecified atom stereocenters. The lowest BCUT2D eigenvalue weighted by Gasteiger charge is -2.05. The molecule has 0 atom stereocenters. The smallest absolute Gasteiger partial charge is 0.119 e. The van der Waals surface area contributed by atoms with Crippen molar-refractivity contribution in [3.8, 4) is 5.75 Å². The summed E-state index contributed by atoms with van der Waals surface area (Å²) in [5.74, 6) is 0.892. The maximum atomic E-state index is 8.65. The summed E-state index contributed by atoms with van der Waals surface area (Å²) < 4.78 is 5.57. The fourth-order valence-electron chi connectivity index (χ4n) is 1.23. The van der Waals surface area contributed by atoms with Crippen molar-refractivity contribution >= 4 is 6.08 Å². The van der Waals surface area contributed by atoms with Crippen LogP contribution in [0.5, 0.6) is 5.75 Å². The van der Waals surface area contributed by atoms with E-state index in [4.69, 9.17) is 9.84 Å². The van der Waals surface area contributed by atoms with E-state index in [9.17, 15) is 0 Å². The number of benzene rings is 1. The minimum atomic E-state index is 0.0704. The van der Waals surface area contributed by atoms with Crippen LogP contribution in [0.25, 0.3) is 6.08 Å². The van der Waals surface area contributed by atoms with E-state index in [1.54, 1.807) is 6.08 Å². The predicted molar refractivity (Wildman–Crippen MR) is 63.0 cm³/mol. The molecule has 2 heteroatoms. The lowest BCUT2D eigenvalue weighted by molar-refractivity contribution is 0.309. The van der Waals surface area contributed by atoms with Crippen LogP contribution in [0.4, 0.5) is 0 Å². The number of unbranched alkanes of at least 4 members (excludes halogenated alkanes) is 1. The summed E-state index contributed by atoms with van der Waals surface area (Å²) in [6.07, 6.45) is 5.82. The van der Waals surface area contributed by atoms with Crippen LogP contribution in [-0.4, -0.2) is 18.3 Å². The molecular weight excluding hydrogens is 188 g/mol. The summed E-state index contributed by atoms with van der Waals surface area (Å²) in [6, 6.07) is 7.87. The first-order valence-electron chi connectivity index (χ1n) is 5.37. The summed E-state index contributed by atoms with van der Waals surface area (Å²) in [7, 11) is 0. The zero-order valence-corrected chi connectivity index (χ0v) is 9.15. The second kappa shape index (κ2) is 7.07. The molecule has 0 saturated carbocycles. The molecule has 1 aromatic carbocycles. The first-order chi connectivity index (χ1) is 7.36. The molecule has 0 saturated heterocycles. The van der Waals surface area contributed by atoms with Gasteiger partial charge < -0.3 is 9.84 Å². The van der Waals surface area contributed by atoms with E-state index >= 15 is 0 Å². The minimum Gasteiger partial charge on any atom is -0.494 e. The van der Waals surface area contributed by atoms with Gasteiger partial charge in [-0.25, -0.2) is 0 Å². The largest absolute Gasteiger partial charge is 0.494 e. The van der Waals surface area contributed by atoms with E-state index in [0.29, 0.717) is 0 Å². The van der Waals surface area contributed by atoms with Crippen LogP contribution in [0, 0.1) is 0 Å². The molecule has 0 amide bonds. The summed E-state index contributed by atoms with van der Waals surface area (Å²) in [5.41, 5.74) is 1.05. The van der Waals surface area contributed by atoms with Crippen LogP contribution in [0.3, 0.4) is 0 Å². The Balaban J connectivity index is 2.53.